The van der Waals surface area contributed by atoms with Crippen molar-refractivity contribution in [2.45, 2.75) is 18.8 Å². The van der Waals surface area contributed by atoms with Crippen LogP contribution in [0, 0.1) is 0 Å². The number of hydrogen-bond donors (Lipinski definition) is 0. The summed E-state index contributed by atoms with van der Waals surface area (Å²) >= 11 is 3.60. The Balaban J connectivity index is 1.69. The van der Waals surface area contributed by atoms with E-state index in [2.05, 4.69) is 26.9 Å². The second kappa shape index (κ2) is 5.40. The van der Waals surface area contributed by atoms with Gasteiger partial charge in [-0.15, -0.1) is 0 Å². The molecule has 1 aromatic rings. The molecule has 0 bridgehead atoms. The highest BCUT2D eigenvalue weighted by atomic mass is 79.9. The van der Waals surface area contributed by atoms with Crippen molar-refractivity contribution >= 4 is 15.9 Å². The van der Waals surface area contributed by atoms with Gasteiger partial charge in [0.05, 0.1) is 26.9 Å². The Labute approximate surface area is 121 Å². The number of hydrogen-bond acceptors (Lipinski definition) is 4. The van der Waals surface area contributed by atoms with Gasteiger partial charge in [0, 0.05) is 24.0 Å². The Kier molecular flexibility index (Phi) is 3.80. The van der Waals surface area contributed by atoms with Crippen molar-refractivity contribution in [3.05, 3.63) is 28.2 Å². The monoisotopic (exact) mass is 327 g/mol. The SMILES string of the molecule is COc1ccc(Br)c(CN2CCC3(C2)OCCO3)c1. The number of ether oxygens (including phenoxy) is 3. The minimum atomic E-state index is -0.342. The van der Waals surface area contributed by atoms with E-state index in [1.807, 2.05) is 12.1 Å². The molecule has 2 saturated heterocycles. The van der Waals surface area contributed by atoms with Gasteiger partial charge in [0.2, 0.25) is 0 Å². The highest BCUT2D eigenvalue weighted by Gasteiger charge is 2.43. The van der Waals surface area contributed by atoms with Crippen molar-refractivity contribution in [2.24, 2.45) is 0 Å². The van der Waals surface area contributed by atoms with E-state index in [-0.39, 0.29) is 5.79 Å². The zero-order valence-corrected chi connectivity index (χ0v) is 12.6. The van der Waals surface area contributed by atoms with Crippen molar-refractivity contribution in [1.29, 1.82) is 0 Å². The van der Waals surface area contributed by atoms with Crippen LogP contribution in [-0.4, -0.2) is 44.1 Å². The smallest absolute Gasteiger partial charge is 0.182 e. The van der Waals surface area contributed by atoms with Gasteiger partial charge in [0.15, 0.2) is 5.79 Å². The zero-order chi connectivity index (χ0) is 13.3. The third-order valence-electron chi connectivity index (χ3n) is 3.73. The Morgan fingerprint density at radius 1 is 1.37 bits per heavy atom. The lowest BCUT2D eigenvalue weighted by atomic mass is 10.2. The molecule has 1 spiro atoms. The summed E-state index contributed by atoms with van der Waals surface area (Å²) in [5.74, 6) is 0.547. The van der Waals surface area contributed by atoms with Crippen LogP contribution in [0.25, 0.3) is 0 Å². The van der Waals surface area contributed by atoms with E-state index in [4.69, 9.17) is 14.2 Å². The molecule has 2 aliphatic rings. The number of nitrogens with zero attached hydrogens (tertiary/aromatic N) is 1. The maximum Gasteiger partial charge on any atom is 0.182 e. The minimum absolute atomic E-state index is 0.342. The van der Waals surface area contributed by atoms with Crippen molar-refractivity contribution in [3.8, 4) is 5.75 Å². The van der Waals surface area contributed by atoms with Gasteiger partial charge in [0.1, 0.15) is 5.75 Å². The molecule has 0 unspecified atom stereocenters. The molecule has 0 aromatic heterocycles. The summed E-state index contributed by atoms with van der Waals surface area (Å²) in [6.45, 7) is 4.17. The van der Waals surface area contributed by atoms with Crippen LogP contribution >= 0.6 is 15.9 Å². The number of halogens is 1. The lowest BCUT2D eigenvalue weighted by Crippen LogP contribution is -2.34. The van der Waals surface area contributed by atoms with Crippen molar-refractivity contribution in [3.63, 3.8) is 0 Å². The Morgan fingerprint density at radius 3 is 2.89 bits per heavy atom. The van der Waals surface area contributed by atoms with Crippen LogP contribution in [0.5, 0.6) is 5.75 Å². The maximum absolute atomic E-state index is 5.74. The third kappa shape index (κ3) is 2.79. The molecule has 0 amide bonds. The van der Waals surface area contributed by atoms with Crippen LogP contribution in [-0.2, 0) is 16.0 Å². The van der Waals surface area contributed by atoms with Gasteiger partial charge < -0.3 is 14.2 Å². The first-order valence-corrected chi connectivity index (χ1v) is 7.33. The molecule has 2 heterocycles. The van der Waals surface area contributed by atoms with Crippen LogP contribution in [0.2, 0.25) is 0 Å². The molecule has 3 rings (SSSR count). The molecule has 104 valence electrons. The van der Waals surface area contributed by atoms with Crippen LogP contribution in [0.15, 0.2) is 22.7 Å². The van der Waals surface area contributed by atoms with Crippen molar-refractivity contribution in [1.82, 2.24) is 4.90 Å². The molecular formula is C14H18BrNO3. The fraction of sp³-hybridized carbons (Fsp3) is 0.571. The van der Waals surface area contributed by atoms with Gasteiger partial charge in [-0.25, -0.2) is 0 Å². The molecule has 0 saturated carbocycles. The van der Waals surface area contributed by atoms with E-state index in [1.165, 1.54) is 5.56 Å². The van der Waals surface area contributed by atoms with Gasteiger partial charge in [-0.2, -0.15) is 0 Å². The first-order chi connectivity index (χ1) is 9.21. The van der Waals surface area contributed by atoms with Gasteiger partial charge in [-0.05, 0) is 23.8 Å². The predicted molar refractivity (Wildman–Crippen MR) is 75.2 cm³/mol. The van der Waals surface area contributed by atoms with E-state index in [1.54, 1.807) is 7.11 Å². The summed E-state index contributed by atoms with van der Waals surface area (Å²) < 4.78 is 17.9. The lowest BCUT2D eigenvalue weighted by molar-refractivity contribution is -0.145. The van der Waals surface area contributed by atoms with Crippen LogP contribution in [0.3, 0.4) is 0 Å². The molecule has 0 radical (unpaired) electrons. The number of benzene rings is 1. The summed E-state index contributed by atoms with van der Waals surface area (Å²) in [4.78, 5) is 2.37. The third-order valence-corrected chi connectivity index (χ3v) is 4.51. The van der Waals surface area contributed by atoms with Crippen molar-refractivity contribution in [2.75, 3.05) is 33.4 Å². The summed E-state index contributed by atoms with van der Waals surface area (Å²) in [6.07, 6.45) is 0.953. The maximum atomic E-state index is 5.74. The average molecular weight is 328 g/mol. The summed E-state index contributed by atoms with van der Waals surface area (Å²) in [5, 5.41) is 0. The molecular weight excluding hydrogens is 310 g/mol. The highest BCUT2D eigenvalue weighted by molar-refractivity contribution is 9.10. The van der Waals surface area contributed by atoms with Crippen LogP contribution in [0.1, 0.15) is 12.0 Å². The molecule has 2 fully saturated rings. The van der Waals surface area contributed by atoms with E-state index in [0.717, 1.165) is 49.5 Å². The van der Waals surface area contributed by atoms with Crippen LogP contribution in [0.4, 0.5) is 0 Å². The van der Waals surface area contributed by atoms with Crippen LogP contribution < -0.4 is 4.74 Å². The topological polar surface area (TPSA) is 30.9 Å². The standard InChI is InChI=1S/C14H18BrNO3/c1-17-12-2-3-13(15)11(8-12)9-16-5-4-14(10-16)18-6-7-19-14/h2-3,8H,4-7,9-10H2,1H3. The predicted octanol–water partition coefficient (Wildman–Crippen LogP) is 2.41. The second-order valence-corrected chi connectivity index (χ2v) is 5.88. The lowest BCUT2D eigenvalue weighted by Gasteiger charge is -2.22. The van der Waals surface area contributed by atoms with E-state index >= 15 is 0 Å². The van der Waals surface area contributed by atoms with E-state index in [9.17, 15) is 0 Å². The van der Waals surface area contributed by atoms with Gasteiger partial charge in [-0.3, -0.25) is 4.90 Å². The quantitative estimate of drug-likeness (QED) is 0.853. The number of rotatable bonds is 3. The molecule has 0 atom stereocenters. The fourth-order valence-corrected chi connectivity index (χ4v) is 3.11. The largest absolute Gasteiger partial charge is 0.497 e. The molecule has 1 aromatic carbocycles. The molecule has 4 nitrogen and oxygen atoms in total. The van der Waals surface area contributed by atoms with E-state index in [0.29, 0.717) is 0 Å². The summed E-state index contributed by atoms with van der Waals surface area (Å²) in [7, 11) is 1.69. The molecule has 5 heteroatoms. The normalized spacial score (nSPS) is 22.2. The number of methoxy groups -OCH3 is 1. The molecule has 19 heavy (non-hydrogen) atoms. The first kappa shape index (κ1) is 13.4. The van der Waals surface area contributed by atoms with E-state index < -0.39 is 0 Å². The Morgan fingerprint density at radius 2 is 2.16 bits per heavy atom. The van der Waals surface area contributed by atoms with Gasteiger partial charge >= 0.3 is 0 Å². The summed E-state index contributed by atoms with van der Waals surface area (Å²) in [6, 6.07) is 6.07. The zero-order valence-electron chi connectivity index (χ0n) is 11.0. The molecule has 0 N–H and O–H groups in total. The van der Waals surface area contributed by atoms with Crippen molar-refractivity contribution < 1.29 is 14.2 Å². The Bertz CT molecular complexity index is 460. The average Bonchev–Trinajstić information content (AvgIpc) is 3.03. The highest BCUT2D eigenvalue weighted by Crippen LogP contribution is 2.32. The fourth-order valence-electron chi connectivity index (χ4n) is 2.74. The minimum Gasteiger partial charge on any atom is -0.497 e. The van der Waals surface area contributed by atoms with Gasteiger partial charge in [0.25, 0.3) is 0 Å². The first-order valence-electron chi connectivity index (χ1n) is 6.53. The summed E-state index contributed by atoms with van der Waals surface area (Å²) in [5.41, 5.74) is 1.23. The molecule has 2 aliphatic heterocycles. The number of likely N-dealkylation sites (tertiary alicyclic amines) is 1. The second-order valence-electron chi connectivity index (χ2n) is 5.03. The molecule has 0 aliphatic carbocycles. The Hall–Kier alpha value is -0.620. The van der Waals surface area contributed by atoms with Gasteiger partial charge in [-0.1, -0.05) is 15.9 Å².